The Morgan fingerprint density at radius 1 is 1.33 bits per heavy atom. The zero-order chi connectivity index (χ0) is 12.6. The van der Waals surface area contributed by atoms with Gasteiger partial charge in [-0.2, -0.15) is 0 Å². The van der Waals surface area contributed by atoms with Crippen molar-refractivity contribution in [3.05, 3.63) is 22.4 Å². The molecule has 0 spiro atoms. The minimum Gasteiger partial charge on any atom is -0.356 e. The number of rotatable bonds is 6. The van der Waals surface area contributed by atoms with Gasteiger partial charge in [-0.15, -0.1) is 11.3 Å². The van der Waals surface area contributed by atoms with Crippen LogP contribution in [0.15, 0.2) is 17.5 Å². The minimum atomic E-state index is 0.233. The second-order valence-corrected chi connectivity index (χ2v) is 6.25. The van der Waals surface area contributed by atoms with E-state index in [1.165, 1.54) is 37.0 Å². The largest absolute Gasteiger partial charge is 0.356 e. The predicted octanol–water partition coefficient (Wildman–Crippen LogP) is 3.77. The van der Waals surface area contributed by atoms with Crippen molar-refractivity contribution in [3.8, 4) is 0 Å². The Hall–Kier alpha value is -0.830. The van der Waals surface area contributed by atoms with Crippen LogP contribution in [-0.4, -0.2) is 12.5 Å². The lowest BCUT2D eigenvalue weighted by Crippen LogP contribution is -2.26. The van der Waals surface area contributed by atoms with E-state index in [9.17, 15) is 4.79 Å². The first-order chi connectivity index (χ1) is 8.84. The normalized spacial score (nSPS) is 16.7. The molecule has 1 amide bonds. The molecule has 1 heterocycles. The van der Waals surface area contributed by atoms with Crippen molar-refractivity contribution < 1.29 is 4.79 Å². The summed E-state index contributed by atoms with van der Waals surface area (Å²) in [6.45, 7) is 0.782. The Bertz CT molecular complexity index is 341. The Labute approximate surface area is 114 Å². The topological polar surface area (TPSA) is 29.1 Å². The average molecular weight is 265 g/mol. The van der Waals surface area contributed by atoms with Gasteiger partial charge in [0.15, 0.2) is 0 Å². The van der Waals surface area contributed by atoms with Crippen LogP contribution in [-0.2, 0) is 11.2 Å². The van der Waals surface area contributed by atoms with E-state index in [0.29, 0.717) is 0 Å². The molecule has 3 heteroatoms. The van der Waals surface area contributed by atoms with E-state index >= 15 is 0 Å². The van der Waals surface area contributed by atoms with E-state index in [1.54, 1.807) is 11.3 Å². The molecule has 0 saturated heterocycles. The number of hydrogen-bond donors (Lipinski definition) is 1. The smallest absolute Gasteiger partial charge is 0.220 e. The molecule has 0 aliphatic heterocycles. The number of thiophene rings is 1. The molecule has 0 unspecified atom stereocenters. The summed E-state index contributed by atoms with van der Waals surface area (Å²) in [4.78, 5) is 13.1. The van der Waals surface area contributed by atoms with Crippen LogP contribution >= 0.6 is 11.3 Å². The minimum absolute atomic E-state index is 0.233. The molecule has 100 valence electrons. The van der Waals surface area contributed by atoms with Crippen LogP contribution in [0.3, 0.4) is 0 Å². The second-order valence-electron chi connectivity index (χ2n) is 5.22. The molecule has 1 saturated carbocycles. The van der Waals surface area contributed by atoms with Gasteiger partial charge in [-0.05, 0) is 30.2 Å². The van der Waals surface area contributed by atoms with Gasteiger partial charge in [-0.25, -0.2) is 0 Å². The third kappa shape index (κ3) is 4.81. The first-order valence-electron chi connectivity index (χ1n) is 7.13. The lowest BCUT2D eigenvalue weighted by molar-refractivity contribution is -0.121. The number of nitrogens with one attached hydrogen (secondary N) is 1. The maximum Gasteiger partial charge on any atom is 0.220 e. The van der Waals surface area contributed by atoms with E-state index in [2.05, 4.69) is 22.8 Å². The van der Waals surface area contributed by atoms with Crippen LogP contribution in [0, 0.1) is 5.92 Å². The van der Waals surface area contributed by atoms with Gasteiger partial charge in [0.1, 0.15) is 0 Å². The zero-order valence-corrected chi connectivity index (χ0v) is 11.8. The molecule has 0 bridgehead atoms. The highest BCUT2D eigenvalue weighted by Crippen LogP contribution is 2.27. The highest BCUT2D eigenvalue weighted by molar-refractivity contribution is 7.09. The number of amides is 1. The van der Waals surface area contributed by atoms with E-state index in [1.807, 2.05) is 0 Å². The summed E-state index contributed by atoms with van der Waals surface area (Å²) in [6, 6.07) is 4.18. The van der Waals surface area contributed by atoms with Crippen LogP contribution in [0.4, 0.5) is 0 Å². The highest BCUT2D eigenvalue weighted by atomic mass is 32.1. The van der Waals surface area contributed by atoms with E-state index < -0.39 is 0 Å². The summed E-state index contributed by atoms with van der Waals surface area (Å²) in [5.41, 5.74) is 0. The van der Waals surface area contributed by atoms with Gasteiger partial charge >= 0.3 is 0 Å². The third-order valence-electron chi connectivity index (χ3n) is 3.78. The molecule has 1 aliphatic rings. The zero-order valence-electron chi connectivity index (χ0n) is 11.0. The molecule has 1 aromatic rings. The number of hydrogen-bond acceptors (Lipinski definition) is 2. The predicted molar refractivity (Wildman–Crippen MR) is 76.8 cm³/mol. The monoisotopic (exact) mass is 265 g/mol. The average Bonchev–Trinajstić information content (AvgIpc) is 2.91. The van der Waals surface area contributed by atoms with Crippen molar-refractivity contribution in [2.45, 2.75) is 51.4 Å². The van der Waals surface area contributed by atoms with Crippen LogP contribution < -0.4 is 5.32 Å². The van der Waals surface area contributed by atoms with Crippen molar-refractivity contribution in [2.75, 3.05) is 6.54 Å². The summed E-state index contributed by atoms with van der Waals surface area (Å²) in [5, 5.41) is 5.11. The molecule has 1 aliphatic carbocycles. The van der Waals surface area contributed by atoms with E-state index in [4.69, 9.17) is 0 Å². The van der Waals surface area contributed by atoms with E-state index in [0.717, 1.165) is 31.7 Å². The lowest BCUT2D eigenvalue weighted by Gasteiger charge is -2.20. The van der Waals surface area contributed by atoms with Crippen molar-refractivity contribution in [2.24, 2.45) is 5.92 Å². The molecule has 1 fully saturated rings. The van der Waals surface area contributed by atoms with Gasteiger partial charge in [0.05, 0.1) is 0 Å². The summed E-state index contributed by atoms with van der Waals surface area (Å²) in [5.74, 6) is 1.04. The van der Waals surface area contributed by atoms with Crippen LogP contribution in [0.2, 0.25) is 0 Å². The van der Waals surface area contributed by atoms with Crippen molar-refractivity contribution in [1.29, 1.82) is 0 Å². The third-order valence-corrected chi connectivity index (χ3v) is 4.71. The molecule has 2 nitrogen and oxygen atoms in total. The van der Waals surface area contributed by atoms with Crippen LogP contribution in [0.1, 0.15) is 49.8 Å². The fourth-order valence-corrected chi connectivity index (χ4v) is 3.39. The fraction of sp³-hybridized carbons (Fsp3) is 0.667. The second kappa shape index (κ2) is 7.57. The van der Waals surface area contributed by atoms with Gasteiger partial charge in [-0.3, -0.25) is 4.79 Å². The molecule has 2 rings (SSSR count). The summed E-state index contributed by atoms with van der Waals surface area (Å²) < 4.78 is 0. The van der Waals surface area contributed by atoms with Crippen LogP contribution in [0.5, 0.6) is 0 Å². The summed E-state index contributed by atoms with van der Waals surface area (Å²) in [6.07, 6.45) is 9.57. The Kier molecular flexibility index (Phi) is 5.72. The first kappa shape index (κ1) is 13.6. The molecule has 18 heavy (non-hydrogen) atoms. The van der Waals surface area contributed by atoms with E-state index in [-0.39, 0.29) is 5.91 Å². The van der Waals surface area contributed by atoms with Crippen molar-refractivity contribution in [1.82, 2.24) is 5.32 Å². The maximum absolute atomic E-state index is 11.7. The fourth-order valence-electron chi connectivity index (χ4n) is 2.68. The van der Waals surface area contributed by atoms with Gasteiger partial charge in [0.25, 0.3) is 0 Å². The lowest BCUT2D eigenvalue weighted by atomic mass is 9.86. The van der Waals surface area contributed by atoms with Gasteiger partial charge in [0, 0.05) is 17.8 Å². The number of carbonyl (C=O) groups excluding carboxylic acids is 1. The molecular weight excluding hydrogens is 242 g/mol. The van der Waals surface area contributed by atoms with Gasteiger partial charge < -0.3 is 5.32 Å². The molecule has 0 aromatic carbocycles. The first-order valence-corrected chi connectivity index (χ1v) is 8.01. The highest BCUT2D eigenvalue weighted by Gasteiger charge is 2.14. The Morgan fingerprint density at radius 3 is 2.89 bits per heavy atom. The molecule has 0 radical (unpaired) electrons. The number of carbonyl (C=O) groups is 1. The van der Waals surface area contributed by atoms with Crippen molar-refractivity contribution >= 4 is 17.2 Å². The Balaban J connectivity index is 1.54. The Morgan fingerprint density at radius 2 is 2.17 bits per heavy atom. The summed E-state index contributed by atoms with van der Waals surface area (Å²) >= 11 is 1.76. The van der Waals surface area contributed by atoms with Gasteiger partial charge in [0.2, 0.25) is 5.91 Å². The SMILES string of the molecule is O=C(CCC1CCCCC1)NCCc1cccs1. The van der Waals surface area contributed by atoms with Gasteiger partial charge in [-0.1, -0.05) is 38.2 Å². The quantitative estimate of drug-likeness (QED) is 0.833. The van der Waals surface area contributed by atoms with Crippen LogP contribution in [0.25, 0.3) is 0 Å². The molecule has 1 aromatic heterocycles. The molecule has 1 N–H and O–H groups in total. The van der Waals surface area contributed by atoms with Crippen molar-refractivity contribution in [3.63, 3.8) is 0 Å². The molecule has 0 atom stereocenters. The molecular formula is C15H23NOS. The maximum atomic E-state index is 11.7. The summed E-state index contributed by atoms with van der Waals surface area (Å²) in [7, 11) is 0. The standard InChI is InChI=1S/C15H23NOS/c17-15(9-8-13-5-2-1-3-6-13)16-11-10-14-7-4-12-18-14/h4,7,12-13H,1-3,5-6,8-11H2,(H,16,17).